The maximum Gasteiger partial charge on any atom is 0.160 e. The number of hydrogen-bond donors (Lipinski definition) is 0. The van der Waals surface area contributed by atoms with E-state index < -0.39 is 5.41 Å². The second-order valence-electron chi connectivity index (χ2n) is 15.7. The lowest BCUT2D eigenvalue weighted by molar-refractivity contribution is 0.744. The minimum Gasteiger partial charge on any atom is -0.228 e. The molecule has 0 N–H and O–H groups in total. The van der Waals surface area contributed by atoms with E-state index >= 15 is 0 Å². The Bertz CT molecular complexity index is 3180. The van der Waals surface area contributed by atoms with Crippen LogP contribution in [-0.4, -0.2) is 9.97 Å². The molecular weight excluding hydrogens is 725 g/mol. The van der Waals surface area contributed by atoms with Crippen LogP contribution in [-0.2, 0) is 11.8 Å². The summed E-state index contributed by atoms with van der Waals surface area (Å²) >= 11 is 0. The summed E-state index contributed by atoms with van der Waals surface area (Å²) in [6, 6.07) is 70.0. The standard InChI is InChI=1S/C58H40N2/c1-39-17-4-2-5-19-42-20-9-14-29-52(42)58(39)53-30-15-13-27-50(53)48-25-11-12-26-49(48)51-36-35-45(37-54(51)58)56-38-55(59-57(60-56)44-21-6-3-7-22-44)43-33-31-41(32-34-43)47-28-16-23-40-18-8-10-24-46(40)47/h2-18,20-38H,1,19H2/b5-2-,17-4-. The topological polar surface area (TPSA) is 25.8 Å². The smallest absolute Gasteiger partial charge is 0.160 e. The molecule has 1 spiro atoms. The number of aromatic nitrogens is 2. The van der Waals surface area contributed by atoms with Crippen LogP contribution >= 0.6 is 0 Å². The van der Waals surface area contributed by atoms with E-state index in [9.17, 15) is 0 Å². The molecule has 0 fully saturated rings. The molecule has 0 bridgehead atoms. The van der Waals surface area contributed by atoms with Crippen molar-refractivity contribution in [1.82, 2.24) is 9.97 Å². The van der Waals surface area contributed by atoms with Crippen LogP contribution in [0.5, 0.6) is 0 Å². The van der Waals surface area contributed by atoms with Crippen molar-refractivity contribution in [2.75, 3.05) is 0 Å². The number of allylic oxidation sites excluding steroid dienone is 5. The van der Waals surface area contributed by atoms with Gasteiger partial charge in [-0.15, -0.1) is 0 Å². The molecule has 282 valence electrons. The number of fused-ring (bicyclic) bond motifs is 10. The average Bonchev–Trinajstić information content (AvgIpc) is 3.37. The Morgan fingerprint density at radius 1 is 0.417 bits per heavy atom. The maximum atomic E-state index is 5.35. The molecule has 1 heterocycles. The van der Waals surface area contributed by atoms with Gasteiger partial charge in [0.05, 0.1) is 16.8 Å². The van der Waals surface area contributed by atoms with Gasteiger partial charge in [-0.2, -0.15) is 0 Å². The van der Waals surface area contributed by atoms with Crippen molar-refractivity contribution < 1.29 is 0 Å². The van der Waals surface area contributed by atoms with Gasteiger partial charge in [0.2, 0.25) is 0 Å². The van der Waals surface area contributed by atoms with Crippen molar-refractivity contribution >= 4 is 10.8 Å². The highest BCUT2D eigenvalue weighted by molar-refractivity contribution is 5.97. The van der Waals surface area contributed by atoms with E-state index in [1.807, 2.05) is 18.2 Å². The van der Waals surface area contributed by atoms with E-state index in [1.165, 1.54) is 66.4 Å². The molecule has 2 nitrogen and oxygen atoms in total. The summed E-state index contributed by atoms with van der Waals surface area (Å²) in [5.74, 6) is 0.688. The zero-order valence-corrected chi connectivity index (χ0v) is 33.1. The number of benzene rings is 8. The van der Waals surface area contributed by atoms with Crippen LogP contribution < -0.4 is 0 Å². The SMILES string of the molecule is C=C1/C=C\C=C/Cc2ccccc2C12c1ccccc1-c1ccccc1-c1ccc(-c3cc(-c4ccc(-c5cccc6ccccc56)cc4)nc(-c4ccccc4)n3)cc12. The normalized spacial score (nSPS) is 16.3. The van der Waals surface area contributed by atoms with Crippen LogP contribution in [0.4, 0.5) is 0 Å². The van der Waals surface area contributed by atoms with Gasteiger partial charge in [0.25, 0.3) is 0 Å². The molecule has 2 aliphatic carbocycles. The number of nitrogens with zero attached hydrogens (tertiary/aromatic N) is 2. The predicted molar refractivity (Wildman–Crippen MR) is 250 cm³/mol. The summed E-state index contributed by atoms with van der Waals surface area (Å²) < 4.78 is 0. The molecule has 11 rings (SSSR count). The Morgan fingerprint density at radius 2 is 1.02 bits per heavy atom. The molecule has 0 radical (unpaired) electrons. The minimum atomic E-state index is -0.713. The molecule has 2 aliphatic rings. The van der Waals surface area contributed by atoms with Crippen LogP contribution in [0.1, 0.15) is 22.3 Å². The molecule has 9 aromatic rings. The van der Waals surface area contributed by atoms with Crippen LogP contribution in [0.2, 0.25) is 0 Å². The second kappa shape index (κ2) is 14.6. The lowest BCUT2D eigenvalue weighted by atomic mass is 9.62. The van der Waals surface area contributed by atoms with Gasteiger partial charge < -0.3 is 0 Å². The van der Waals surface area contributed by atoms with E-state index in [1.54, 1.807) is 0 Å². The van der Waals surface area contributed by atoms with E-state index in [-0.39, 0.29) is 0 Å². The van der Waals surface area contributed by atoms with Crippen molar-refractivity contribution in [1.29, 1.82) is 0 Å². The third kappa shape index (κ3) is 5.80. The molecule has 0 saturated carbocycles. The van der Waals surface area contributed by atoms with Crippen LogP contribution in [0.3, 0.4) is 0 Å². The summed E-state index contributed by atoms with van der Waals surface area (Å²) in [6.45, 7) is 4.94. The highest BCUT2D eigenvalue weighted by Crippen LogP contribution is 2.56. The fourth-order valence-electron chi connectivity index (χ4n) is 9.59. The van der Waals surface area contributed by atoms with E-state index in [4.69, 9.17) is 16.5 Å². The fourth-order valence-corrected chi connectivity index (χ4v) is 9.59. The Hall–Kier alpha value is -7.68. The monoisotopic (exact) mass is 764 g/mol. The summed E-state index contributed by atoms with van der Waals surface area (Å²) in [7, 11) is 0. The van der Waals surface area contributed by atoms with Gasteiger partial charge >= 0.3 is 0 Å². The van der Waals surface area contributed by atoms with Gasteiger partial charge in [-0.05, 0) is 90.5 Å². The first kappa shape index (κ1) is 35.5. The second-order valence-corrected chi connectivity index (χ2v) is 15.7. The predicted octanol–water partition coefficient (Wildman–Crippen LogP) is 14.5. The minimum absolute atomic E-state index is 0.688. The van der Waals surface area contributed by atoms with Crippen LogP contribution in [0, 0.1) is 0 Å². The van der Waals surface area contributed by atoms with Gasteiger partial charge in [-0.25, -0.2) is 9.97 Å². The Balaban J connectivity index is 1.15. The molecule has 60 heavy (non-hydrogen) atoms. The van der Waals surface area contributed by atoms with Gasteiger partial charge in [-0.1, -0.05) is 213 Å². The van der Waals surface area contributed by atoms with E-state index in [2.05, 4.69) is 200 Å². The molecule has 1 unspecified atom stereocenters. The summed E-state index contributed by atoms with van der Waals surface area (Å²) in [6.07, 6.45) is 9.57. The number of hydrogen-bond acceptors (Lipinski definition) is 2. The largest absolute Gasteiger partial charge is 0.228 e. The zero-order valence-electron chi connectivity index (χ0n) is 33.1. The first-order valence-electron chi connectivity index (χ1n) is 20.6. The van der Waals surface area contributed by atoms with Gasteiger partial charge in [-0.3, -0.25) is 0 Å². The van der Waals surface area contributed by atoms with Crippen molar-refractivity contribution in [3.05, 3.63) is 253 Å². The molecule has 0 saturated heterocycles. The third-order valence-corrected chi connectivity index (χ3v) is 12.4. The first-order chi connectivity index (χ1) is 29.7. The van der Waals surface area contributed by atoms with Gasteiger partial charge in [0, 0.05) is 16.7 Å². The fraction of sp³-hybridized carbons (Fsp3) is 0.0345. The molecule has 0 aliphatic heterocycles. The lowest BCUT2D eigenvalue weighted by Crippen LogP contribution is -2.33. The average molecular weight is 765 g/mol. The molecule has 1 atom stereocenters. The van der Waals surface area contributed by atoms with E-state index in [0.717, 1.165) is 40.1 Å². The van der Waals surface area contributed by atoms with E-state index in [0.29, 0.717) is 5.82 Å². The molecular formula is C58H40N2. The summed E-state index contributed by atoms with van der Waals surface area (Å²) in [4.78, 5) is 10.6. The molecule has 0 amide bonds. The van der Waals surface area contributed by atoms with Crippen molar-refractivity contribution in [2.45, 2.75) is 11.8 Å². The highest BCUT2D eigenvalue weighted by Gasteiger charge is 2.45. The Kier molecular flexibility index (Phi) is 8.64. The zero-order chi connectivity index (χ0) is 40.0. The van der Waals surface area contributed by atoms with Crippen molar-refractivity contribution in [3.8, 4) is 67.3 Å². The highest BCUT2D eigenvalue weighted by atomic mass is 14.9. The lowest BCUT2D eigenvalue weighted by Gasteiger charge is -2.39. The van der Waals surface area contributed by atoms with Gasteiger partial charge in [0.1, 0.15) is 0 Å². The summed E-state index contributed by atoms with van der Waals surface area (Å²) in [5, 5.41) is 2.47. The maximum absolute atomic E-state index is 5.35. The molecule has 8 aromatic carbocycles. The Labute approximate surface area is 351 Å². The Morgan fingerprint density at radius 3 is 1.83 bits per heavy atom. The quantitative estimate of drug-likeness (QED) is 0.178. The van der Waals surface area contributed by atoms with Crippen molar-refractivity contribution in [2.24, 2.45) is 0 Å². The number of rotatable bonds is 4. The summed E-state index contributed by atoms with van der Waals surface area (Å²) in [5.41, 5.74) is 17.2. The molecule has 2 heteroatoms. The van der Waals surface area contributed by atoms with Crippen LogP contribution in [0.25, 0.3) is 78.1 Å². The van der Waals surface area contributed by atoms with Crippen LogP contribution in [0.15, 0.2) is 231 Å². The van der Waals surface area contributed by atoms with Crippen molar-refractivity contribution in [3.63, 3.8) is 0 Å². The third-order valence-electron chi connectivity index (χ3n) is 12.4. The van der Waals surface area contributed by atoms with Gasteiger partial charge in [0.15, 0.2) is 5.82 Å². The molecule has 1 aromatic heterocycles. The first-order valence-corrected chi connectivity index (χ1v) is 20.6.